The zero-order chi connectivity index (χ0) is 7.97. The molecule has 0 saturated carbocycles. The molecule has 0 unspecified atom stereocenters. The largest absolute Gasteiger partial charge is 0.309 e. The van der Waals surface area contributed by atoms with Gasteiger partial charge in [0, 0.05) is 25.8 Å². The van der Waals surface area contributed by atoms with Crippen molar-refractivity contribution in [1.82, 2.24) is 20.6 Å². The molecule has 3 rings (SSSR count). The van der Waals surface area contributed by atoms with E-state index in [0.717, 1.165) is 26.2 Å². The number of nitrogens with one attached hydrogen (secondary N) is 1. The van der Waals surface area contributed by atoms with Crippen molar-refractivity contribution in [1.29, 1.82) is 0 Å². The topological polar surface area (TPSA) is 34.1 Å². The summed E-state index contributed by atoms with van der Waals surface area (Å²) in [7, 11) is 0. The van der Waals surface area contributed by atoms with Crippen LogP contribution in [-0.2, 0) is 0 Å². The normalized spacial score (nSPS) is 27.5. The third-order valence-electron chi connectivity index (χ3n) is 2.36. The molecule has 3 aliphatic rings. The summed E-state index contributed by atoms with van der Waals surface area (Å²) in [5.74, 6) is 0. The Morgan fingerprint density at radius 2 is 2.50 bits per heavy atom. The summed E-state index contributed by atoms with van der Waals surface area (Å²) in [6.07, 6.45) is 4.00. The Bertz CT molecular complexity index is 259. The van der Waals surface area contributed by atoms with E-state index in [1.807, 2.05) is 11.3 Å². The highest BCUT2D eigenvalue weighted by atomic mass is 16.0. The first-order chi connectivity index (χ1) is 5.95. The van der Waals surface area contributed by atoms with Crippen molar-refractivity contribution in [3.63, 3.8) is 0 Å². The number of nitrogens with zero attached hydrogens (tertiary/aromatic N) is 4. The van der Waals surface area contributed by atoms with Crippen LogP contribution < -0.4 is 5.32 Å². The van der Waals surface area contributed by atoms with Gasteiger partial charge < -0.3 is 5.32 Å². The molecule has 5 nitrogen and oxygen atoms in total. The summed E-state index contributed by atoms with van der Waals surface area (Å²) in [5, 5.41) is 13.9. The van der Waals surface area contributed by atoms with Gasteiger partial charge in [-0.05, 0) is 0 Å². The molecule has 64 valence electrons. The average Bonchev–Trinajstić information content (AvgIpc) is 2.62. The van der Waals surface area contributed by atoms with Crippen LogP contribution in [0.2, 0.25) is 0 Å². The maximum atomic E-state index is 4.21. The molecule has 1 N–H and O–H groups in total. The van der Waals surface area contributed by atoms with Gasteiger partial charge in [-0.2, -0.15) is 10.2 Å². The minimum atomic E-state index is 0.903. The van der Waals surface area contributed by atoms with E-state index in [4.69, 9.17) is 0 Å². The summed E-state index contributed by atoms with van der Waals surface area (Å²) < 4.78 is 0. The lowest BCUT2D eigenvalue weighted by molar-refractivity contribution is -0.0907. The van der Waals surface area contributed by atoms with Crippen LogP contribution >= 0.6 is 0 Å². The standard InChI is InChI=1S/C7H11N5/c1-3-10-7(5-8-1)6-11-9-2-4-12(10)11/h2,6,8H,1,3-5H2. The SMILES string of the molecule is C1=NN2C=C3CNCCN3N2C1. The van der Waals surface area contributed by atoms with E-state index in [9.17, 15) is 0 Å². The first-order valence-corrected chi connectivity index (χ1v) is 4.23. The molecule has 1 saturated heterocycles. The lowest BCUT2D eigenvalue weighted by Crippen LogP contribution is -2.48. The van der Waals surface area contributed by atoms with E-state index in [0.29, 0.717) is 0 Å². The fourth-order valence-corrected chi connectivity index (χ4v) is 1.79. The van der Waals surface area contributed by atoms with Gasteiger partial charge in [-0.1, -0.05) is 0 Å². The molecule has 0 aliphatic carbocycles. The number of rotatable bonds is 0. The second kappa shape index (κ2) is 2.21. The number of hydrazine groups is 2. The van der Waals surface area contributed by atoms with Gasteiger partial charge in [0.1, 0.15) is 0 Å². The predicted octanol–water partition coefficient (Wildman–Crippen LogP) is -0.820. The lowest BCUT2D eigenvalue weighted by atomic mass is 10.3. The molecule has 0 radical (unpaired) electrons. The molecule has 3 heterocycles. The van der Waals surface area contributed by atoms with E-state index in [-0.39, 0.29) is 0 Å². The molecule has 3 aliphatic heterocycles. The fourth-order valence-electron chi connectivity index (χ4n) is 1.79. The summed E-state index contributed by atoms with van der Waals surface area (Å²) in [5.41, 5.74) is 1.32. The Morgan fingerprint density at radius 1 is 1.50 bits per heavy atom. The van der Waals surface area contributed by atoms with Crippen LogP contribution in [0.25, 0.3) is 0 Å². The van der Waals surface area contributed by atoms with Crippen molar-refractivity contribution < 1.29 is 0 Å². The van der Waals surface area contributed by atoms with E-state index >= 15 is 0 Å². The highest BCUT2D eigenvalue weighted by molar-refractivity contribution is 5.61. The Kier molecular flexibility index (Phi) is 1.19. The number of piperazine rings is 1. The number of hydrazone groups is 1. The van der Waals surface area contributed by atoms with E-state index in [2.05, 4.69) is 26.7 Å². The fraction of sp³-hybridized carbons (Fsp3) is 0.571. The highest BCUT2D eigenvalue weighted by Crippen LogP contribution is 2.24. The Balaban J connectivity index is 1.91. The van der Waals surface area contributed by atoms with E-state index in [1.165, 1.54) is 5.70 Å². The average molecular weight is 165 g/mol. The minimum Gasteiger partial charge on any atom is -0.309 e. The monoisotopic (exact) mass is 165 g/mol. The molecule has 0 spiro atoms. The van der Waals surface area contributed by atoms with Gasteiger partial charge >= 0.3 is 0 Å². The van der Waals surface area contributed by atoms with Gasteiger partial charge in [0.15, 0.2) is 0 Å². The van der Waals surface area contributed by atoms with Crippen molar-refractivity contribution in [2.75, 3.05) is 26.2 Å². The van der Waals surface area contributed by atoms with Gasteiger partial charge in [0.05, 0.1) is 18.4 Å². The van der Waals surface area contributed by atoms with E-state index < -0.39 is 0 Å². The zero-order valence-electron chi connectivity index (χ0n) is 6.77. The molecule has 12 heavy (non-hydrogen) atoms. The molecule has 0 amide bonds. The second-order valence-corrected chi connectivity index (χ2v) is 3.09. The number of hydrogen-bond donors (Lipinski definition) is 1. The van der Waals surface area contributed by atoms with Crippen LogP contribution in [0.3, 0.4) is 0 Å². The Morgan fingerprint density at radius 3 is 3.50 bits per heavy atom. The smallest absolute Gasteiger partial charge is 0.0784 e. The van der Waals surface area contributed by atoms with Gasteiger partial charge in [-0.15, -0.1) is 5.12 Å². The summed E-state index contributed by atoms with van der Waals surface area (Å²) >= 11 is 0. The molecule has 0 aromatic carbocycles. The molecule has 0 aromatic rings. The van der Waals surface area contributed by atoms with Crippen LogP contribution in [-0.4, -0.2) is 47.6 Å². The van der Waals surface area contributed by atoms with Crippen LogP contribution in [0.1, 0.15) is 0 Å². The quantitative estimate of drug-likeness (QED) is 0.508. The van der Waals surface area contributed by atoms with Crippen LogP contribution in [0, 0.1) is 0 Å². The minimum absolute atomic E-state index is 0.903. The molecular formula is C7H11N5. The summed E-state index contributed by atoms with van der Waals surface area (Å²) in [6.45, 7) is 3.97. The van der Waals surface area contributed by atoms with Crippen molar-refractivity contribution in [2.24, 2.45) is 5.10 Å². The van der Waals surface area contributed by atoms with Crippen LogP contribution in [0.4, 0.5) is 0 Å². The molecular weight excluding hydrogens is 154 g/mol. The maximum Gasteiger partial charge on any atom is 0.0784 e. The van der Waals surface area contributed by atoms with Crippen LogP contribution in [0.5, 0.6) is 0 Å². The molecule has 0 aromatic heterocycles. The van der Waals surface area contributed by atoms with Gasteiger partial charge in [-0.3, -0.25) is 5.01 Å². The van der Waals surface area contributed by atoms with Gasteiger partial charge in [-0.25, -0.2) is 0 Å². The van der Waals surface area contributed by atoms with E-state index in [1.54, 1.807) is 0 Å². The summed E-state index contributed by atoms with van der Waals surface area (Å²) in [6, 6.07) is 0. The Hall–Kier alpha value is -1.07. The van der Waals surface area contributed by atoms with Crippen molar-refractivity contribution in [3.8, 4) is 0 Å². The van der Waals surface area contributed by atoms with Gasteiger partial charge in [0.25, 0.3) is 0 Å². The first kappa shape index (κ1) is 6.45. The van der Waals surface area contributed by atoms with Gasteiger partial charge in [0.2, 0.25) is 0 Å². The van der Waals surface area contributed by atoms with Crippen LogP contribution in [0.15, 0.2) is 17.0 Å². The molecule has 0 atom stereocenters. The zero-order valence-corrected chi connectivity index (χ0v) is 6.77. The third kappa shape index (κ3) is 0.720. The predicted molar refractivity (Wildman–Crippen MR) is 44.7 cm³/mol. The van der Waals surface area contributed by atoms with Crippen molar-refractivity contribution in [2.45, 2.75) is 0 Å². The highest BCUT2D eigenvalue weighted by Gasteiger charge is 2.32. The third-order valence-corrected chi connectivity index (χ3v) is 2.36. The molecule has 0 bridgehead atoms. The second-order valence-electron chi connectivity index (χ2n) is 3.09. The summed E-state index contributed by atoms with van der Waals surface area (Å²) in [4.78, 5) is 0. The van der Waals surface area contributed by atoms with Crippen molar-refractivity contribution in [3.05, 3.63) is 11.9 Å². The molecule has 5 heteroatoms. The Labute approximate surface area is 70.9 Å². The number of hydrogen-bond acceptors (Lipinski definition) is 5. The number of fused-ring (bicyclic) bond motifs is 3. The first-order valence-electron chi connectivity index (χ1n) is 4.23. The maximum absolute atomic E-state index is 4.21. The molecule has 1 fully saturated rings. The van der Waals surface area contributed by atoms with Crippen molar-refractivity contribution >= 4 is 6.21 Å². The lowest BCUT2D eigenvalue weighted by Gasteiger charge is -2.33.